The van der Waals surface area contributed by atoms with Gasteiger partial charge in [0.2, 0.25) is 0 Å². The average Bonchev–Trinajstić information content (AvgIpc) is 2.09. The lowest BCUT2D eigenvalue weighted by Gasteiger charge is -1.69. The van der Waals surface area contributed by atoms with Gasteiger partial charge in [0.25, 0.3) is 0 Å². The van der Waals surface area contributed by atoms with Gasteiger partial charge < -0.3 is 0 Å². The molecule has 0 N–H and O–H groups in total. The summed E-state index contributed by atoms with van der Waals surface area (Å²) in [6.07, 6.45) is 0. The average molecular weight is 176 g/mol. The molecule has 0 aliphatic heterocycles. The Labute approximate surface area is 68.6 Å². The van der Waals surface area contributed by atoms with Crippen LogP contribution in [0.1, 0.15) is 0 Å². The Bertz CT molecular complexity index is 166. The van der Waals surface area contributed by atoms with Crippen LogP contribution in [-0.4, -0.2) is 5.09 Å². The van der Waals surface area contributed by atoms with E-state index < -0.39 is 5.09 Å². The SMILES string of the molecule is O=[N+]([O-])OCl.c1ccccc1. The van der Waals surface area contributed by atoms with E-state index in [1.54, 1.807) is 0 Å². The maximum Gasteiger partial charge on any atom is 0.311 e. The van der Waals surface area contributed by atoms with Crippen molar-refractivity contribution >= 4 is 11.9 Å². The molecule has 0 bridgehead atoms. The van der Waals surface area contributed by atoms with E-state index in [4.69, 9.17) is 10.1 Å². The summed E-state index contributed by atoms with van der Waals surface area (Å²) in [6, 6.07) is 12.0. The van der Waals surface area contributed by atoms with Crippen LogP contribution in [0, 0.1) is 10.1 Å². The van der Waals surface area contributed by atoms with Gasteiger partial charge in [0.15, 0.2) is 0 Å². The van der Waals surface area contributed by atoms with E-state index >= 15 is 0 Å². The summed E-state index contributed by atoms with van der Waals surface area (Å²) < 4.78 is 2.94. The monoisotopic (exact) mass is 175 g/mol. The van der Waals surface area contributed by atoms with Gasteiger partial charge in [0, 0.05) is 0 Å². The molecule has 0 aliphatic carbocycles. The van der Waals surface area contributed by atoms with Gasteiger partial charge >= 0.3 is 5.09 Å². The van der Waals surface area contributed by atoms with Crippen molar-refractivity contribution in [3.63, 3.8) is 0 Å². The Kier molecular flexibility index (Phi) is 6.02. The third-order valence-corrected chi connectivity index (χ3v) is 0.836. The molecule has 0 saturated carbocycles. The summed E-state index contributed by atoms with van der Waals surface area (Å²) in [5.41, 5.74) is 0. The summed E-state index contributed by atoms with van der Waals surface area (Å²) in [6.45, 7) is 0. The molecule has 4 nitrogen and oxygen atoms in total. The topological polar surface area (TPSA) is 52.4 Å². The molecule has 60 valence electrons. The number of halogens is 1. The van der Waals surface area contributed by atoms with E-state index in [2.05, 4.69) is 16.3 Å². The molecule has 0 unspecified atom stereocenters. The number of hydrogen-bond acceptors (Lipinski definition) is 3. The molecule has 5 heteroatoms. The summed E-state index contributed by atoms with van der Waals surface area (Å²) >= 11 is 4.14. The van der Waals surface area contributed by atoms with E-state index in [1.165, 1.54) is 0 Å². The van der Waals surface area contributed by atoms with Gasteiger partial charge in [-0.3, -0.25) is 0 Å². The molecular weight excluding hydrogens is 170 g/mol. The highest BCUT2D eigenvalue weighted by atomic mass is 35.5. The van der Waals surface area contributed by atoms with Crippen LogP contribution in [0.15, 0.2) is 36.4 Å². The van der Waals surface area contributed by atoms with E-state index in [0.717, 1.165) is 0 Å². The molecule has 1 aromatic carbocycles. The smallest absolute Gasteiger partial charge is 0.199 e. The molecule has 0 atom stereocenters. The third kappa shape index (κ3) is 8.71. The van der Waals surface area contributed by atoms with Crippen LogP contribution in [0.4, 0.5) is 0 Å². The van der Waals surface area contributed by atoms with Crippen LogP contribution in [0.5, 0.6) is 0 Å². The second-order valence-electron chi connectivity index (χ2n) is 1.45. The lowest BCUT2D eigenvalue weighted by molar-refractivity contribution is -0.714. The first-order chi connectivity index (χ1) is 5.27. The molecule has 0 amide bonds. The molecule has 0 fully saturated rings. The maximum absolute atomic E-state index is 8.82. The van der Waals surface area contributed by atoms with Gasteiger partial charge in [0.1, 0.15) is 11.9 Å². The predicted octanol–water partition coefficient (Wildman–Crippen LogP) is 2.04. The largest absolute Gasteiger partial charge is 0.311 e. The normalized spacial score (nSPS) is 7.36. The lowest BCUT2D eigenvalue weighted by atomic mass is 10.4. The number of nitrogens with zero attached hydrogens (tertiary/aromatic N) is 1. The van der Waals surface area contributed by atoms with E-state index in [0.29, 0.717) is 0 Å². The molecule has 0 heterocycles. The molecular formula is C6H6ClNO3. The minimum Gasteiger partial charge on any atom is -0.199 e. The number of rotatable bonds is 1. The molecule has 11 heavy (non-hydrogen) atoms. The van der Waals surface area contributed by atoms with Crippen LogP contribution >= 0.6 is 11.9 Å². The maximum atomic E-state index is 8.82. The van der Waals surface area contributed by atoms with Crippen LogP contribution in [0.2, 0.25) is 0 Å². The molecule has 1 aromatic rings. The summed E-state index contributed by atoms with van der Waals surface area (Å²) in [7, 11) is 0. The van der Waals surface area contributed by atoms with Crippen molar-refractivity contribution in [1.82, 2.24) is 0 Å². The van der Waals surface area contributed by atoms with Crippen molar-refractivity contribution in [3.8, 4) is 0 Å². The highest BCUT2D eigenvalue weighted by Crippen LogP contribution is 1.79. The predicted molar refractivity (Wildman–Crippen MR) is 40.4 cm³/mol. The van der Waals surface area contributed by atoms with Crippen molar-refractivity contribution in [1.29, 1.82) is 0 Å². The second-order valence-corrected chi connectivity index (χ2v) is 1.59. The zero-order valence-corrected chi connectivity index (χ0v) is 6.27. The van der Waals surface area contributed by atoms with Crippen LogP contribution in [-0.2, 0) is 4.39 Å². The van der Waals surface area contributed by atoms with Crippen LogP contribution < -0.4 is 0 Å². The number of hydrogen-bond donors (Lipinski definition) is 0. The molecule has 0 saturated heterocycles. The molecule has 0 radical (unpaired) electrons. The van der Waals surface area contributed by atoms with Gasteiger partial charge in [0.05, 0.1) is 0 Å². The van der Waals surface area contributed by atoms with Crippen molar-refractivity contribution in [2.45, 2.75) is 0 Å². The number of benzene rings is 1. The summed E-state index contributed by atoms with van der Waals surface area (Å²) in [4.78, 5) is 8.82. The quantitative estimate of drug-likeness (QED) is 0.485. The van der Waals surface area contributed by atoms with Gasteiger partial charge in [-0.25, -0.2) is 0 Å². The first kappa shape index (κ1) is 9.71. The van der Waals surface area contributed by atoms with E-state index in [9.17, 15) is 0 Å². The van der Waals surface area contributed by atoms with Crippen LogP contribution in [0.3, 0.4) is 0 Å². The van der Waals surface area contributed by atoms with E-state index in [-0.39, 0.29) is 0 Å². The Morgan fingerprint density at radius 1 is 1.09 bits per heavy atom. The van der Waals surface area contributed by atoms with Gasteiger partial charge in [-0.15, -0.1) is 10.1 Å². The molecule has 0 aliphatic rings. The Balaban J connectivity index is 0.000000187. The van der Waals surface area contributed by atoms with Crippen molar-refractivity contribution < 1.29 is 9.48 Å². The summed E-state index contributed by atoms with van der Waals surface area (Å²) in [5.74, 6) is 0. The third-order valence-electron chi connectivity index (χ3n) is 0.723. The summed E-state index contributed by atoms with van der Waals surface area (Å²) in [5, 5.41) is 7.71. The molecule has 1 rings (SSSR count). The first-order valence-corrected chi connectivity index (χ1v) is 3.01. The van der Waals surface area contributed by atoms with Crippen molar-refractivity contribution in [2.75, 3.05) is 0 Å². The zero-order valence-electron chi connectivity index (χ0n) is 5.51. The Morgan fingerprint density at radius 2 is 1.27 bits per heavy atom. The molecule has 0 spiro atoms. The minimum atomic E-state index is -1.11. The highest BCUT2D eigenvalue weighted by Gasteiger charge is 1.81. The standard InChI is InChI=1S/C6H6.ClNO3/c1-2-4-6-5-3-1;1-5-2(3)4/h1-6H;. The highest BCUT2D eigenvalue weighted by molar-refractivity contribution is 6.06. The van der Waals surface area contributed by atoms with Gasteiger partial charge in [-0.1, -0.05) is 36.4 Å². The Hall–Kier alpha value is -1.29. The zero-order chi connectivity index (χ0) is 8.53. The minimum absolute atomic E-state index is 1.11. The first-order valence-electron chi connectivity index (χ1n) is 2.70. The lowest BCUT2D eigenvalue weighted by Crippen LogP contribution is -1.85. The van der Waals surface area contributed by atoms with Gasteiger partial charge in [-0.2, -0.15) is 4.39 Å². The van der Waals surface area contributed by atoms with Gasteiger partial charge in [-0.05, 0) is 0 Å². The van der Waals surface area contributed by atoms with Crippen molar-refractivity contribution in [2.24, 2.45) is 0 Å². The van der Waals surface area contributed by atoms with Crippen molar-refractivity contribution in [3.05, 3.63) is 46.5 Å². The second kappa shape index (κ2) is 6.82. The fourth-order valence-electron chi connectivity index (χ4n) is 0.385. The Morgan fingerprint density at radius 3 is 1.36 bits per heavy atom. The van der Waals surface area contributed by atoms with Crippen LogP contribution in [0.25, 0.3) is 0 Å². The van der Waals surface area contributed by atoms with E-state index in [1.807, 2.05) is 36.4 Å². The fraction of sp³-hybridized carbons (Fsp3) is 0. The fourth-order valence-corrected chi connectivity index (χ4v) is 0.385. The molecule has 0 aromatic heterocycles.